The highest BCUT2D eigenvalue weighted by atomic mass is 16.6. The Bertz CT molecular complexity index is 259. The van der Waals surface area contributed by atoms with Gasteiger partial charge in [-0.15, -0.1) is 0 Å². The van der Waals surface area contributed by atoms with Crippen LogP contribution >= 0.6 is 0 Å². The van der Waals surface area contributed by atoms with E-state index in [0.717, 1.165) is 13.0 Å². The maximum atomic E-state index is 11.7. The summed E-state index contributed by atoms with van der Waals surface area (Å²) in [5.41, 5.74) is 5.46. The molecule has 2 aliphatic heterocycles. The van der Waals surface area contributed by atoms with Crippen molar-refractivity contribution in [3.8, 4) is 0 Å². The topological polar surface area (TPSA) is 55.6 Å². The predicted molar refractivity (Wildman–Crippen MR) is 52.8 cm³/mol. The van der Waals surface area contributed by atoms with Crippen LogP contribution in [-0.4, -0.2) is 35.2 Å². The van der Waals surface area contributed by atoms with E-state index in [4.69, 9.17) is 10.5 Å². The van der Waals surface area contributed by atoms with E-state index in [1.54, 1.807) is 4.90 Å². The Kier molecular flexibility index (Phi) is 2.00. The van der Waals surface area contributed by atoms with Gasteiger partial charge in [-0.3, -0.25) is 0 Å². The molecule has 3 rings (SSSR count). The van der Waals surface area contributed by atoms with Gasteiger partial charge < -0.3 is 15.4 Å². The summed E-state index contributed by atoms with van der Waals surface area (Å²) in [6.45, 7) is 6.42. The van der Waals surface area contributed by atoms with Gasteiger partial charge in [-0.25, -0.2) is 4.79 Å². The zero-order chi connectivity index (χ0) is 10.5. The number of nitrogens with two attached hydrogens (primary N) is 1. The first-order chi connectivity index (χ1) is 6.38. The van der Waals surface area contributed by atoms with Crippen LogP contribution in [0.15, 0.2) is 0 Å². The molecule has 14 heavy (non-hydrogen) atoms. The van der Waals surface area contributed by atoms with E-state index in [0.29, 0.717) is 5.92 Å². The Labute approximate surface area is 84.4 Å². The van der Waals surface area contributed by atoms with Crippen molar-refractivity contribution in [2.75, 3.05) is 6.54 Å². The molecule has 80 valence electrons. The largest absolute Gasteiger partial charge is 0.444 e. The van der Waals surface area contributed by atoms with Gasteiger partial charge >= 0.3 is 6.09 Å². The summed E-state index contributed by atoms with van der Waals surface area (Å²) in [7, 11) is 0. The van der Waals surface area contributed by atoms with E-state index in [2.05, 4.69) is 0 Å². The lowest BCUT2D eigenvalue weighted by Gasteiger charge is -2.33. The highest BCUT2D eigenvalue weighted by Crippen LogP contribution is 2.40. The molecule has 1 aliphatic carbocycles. The fourth-order valence-corrected chi connectivity index (χ4v) is 2.19. The summed E-state index contributed by atoms with van der Waals surface area (Å²) in [6.07, 6.45) is 0.846. The highest BCUT2D eigenvalue weighted by Gasteiger charge is 2.52. The van der Waals surface area contributed by atoms with Crippen LogP contribution in [0, 0.1) is 5.92 Å². The summed E-state index contributed by atoms with van der Waals surface area (Å²) < 4.78 is 5.30. The third kappa shape index (κ3) is 1.47. The van der Waals surface area contributed by atoms with Crippen LogP contribution in [0.1, 0.15) is 27.2 Å². The number of ether oxygens (including phenoxy) is 1. The maximum absolute atomic E-state index is 11.7. The van der Waals surface area contributed by atoms with Crippen LogP contribution in [0.2, 0.25) is 0 Å². The molecule has 4 nitrogen and oxygen atoms in total. The summed E-state index contributed by atoms with van der Waals surface area (Å²) in [5, 5.41) is 0. The zero-order valence-electron chi connectivity index (χ0n) is 8.99. The lowest BCUT2D eigenvalue weighted by atomic mass is 9.81. The van der Waals surface area contributed by atoms with Crippen molar-refractivity contribution in [3.05, 3.63) is 0 Å². The standard InChI is InChI=1S/C10H18N2O2/c1-10(2,3)14-9(13)12-5-6-4-7(12)8(6)11/h6-8H,4-5,11H2,1-3H3/t6-,7+,8+/m1/s1. The Balaban J connectivity index is 1.94. The van der Waals surface area contributed by atoms with E-state index in [-0.39, 0.29) is 18.2 Å². The van der Waals surface area contributed by atoms with Gasteiger partial charge in [0.2, 0.25) is 0 Å². The molecule has 1 amide bonds. The van der Waals surface area contributed by atoms with Crippen molar-refractivity contribution in [3.63, 3.8) is 0 Å². The van der Waals surface area contributed by atoms with Crippen LogP contribution in [-0.2, 0) is 4.74 Å². The molecule has 2 N–H and O–H groups in total. The van der Waals surface area contributed by atoms with E-state index in [9.17, 15) is 4.79 Å². The van der Waals surface area contributed by atoms with Crippen molar-refractivity contribution < 1.29 is 9.53 Å². The van der Waals surface area contributed by atoms with Crippen molar-refractivity contribution >= 4 is 6.09 Å². The number of amides is 1. The van der Waals surface area contributed by atoms with Gasteiger partial charge in [0.1, 0.15) is 5.60 Å². The molecule has 1 saturated carbocycles. The number of fused-ring (bicyclic) bond motifs is 1. The third-order valence-corrected chi connectivity index (χ3v) is 2.99. The SMILES string of the molecule is CC(C)(C)OC(=O)N1C[C@H]2C[C@H]1[C@H]2N. The highest BCUT2D eigenvalue weighted by molar-refractivity contribution is 5.70. The molecule has 2 bridgehead atoms. The first kappa shape index (κ1) is 9.77. The summed E-state index contributed by atoms with van der Waals surface area (Å²) >= 11 is 0. The molecule has 3 atom stereocenters. The maximum Gasteiger partial charge on any atom is 0.410 e. The summed E-state index contributed by atoms with van der Waals surface area (Å²) in [5.74, 6) is 0.507. The van der Waals surface area contributed by atoms with Crippen molar-refractivity contribution in [1.82, 2.24) is 4.90 Å². The normalized spacial score (nSPS) is 35.4. The van der Waals surface area contributed by atoms with Gasteiger partial charge in [0.15, 0.2) is 0 Å². The second kappa shape index (κ2) is 2.86. The first-order valence-electron chi connectivity index (χ1n) is 5.14. The molecule has 2 saturated heterocycles. The van der Waals surface area contributed by atoms with Crippen molar-refractivity contribution in [2.45, 2.75) is 44.9 Å². The molecule has 0 aromatic carbocycles. The number of hydrogen-bond donors (Lipinski definition) is 1. The Morgan fingerprint density at radius 2 is 2.14 bits per heavy atom. The van der Waals surface area contributed by atoms with Gasteiger partial charge in [0.25, 0.3) is 0 Å². The third-order valence-electron chi connectivity index (χ3n) is 2.99. The first-order valence-corrected chi connectivity index (χ1v) is 5.14. The molecule has 2 heterocycles. The number of nitrogens with zero attached hydrogens (tertiary/aromatic N) is 1. The molecule has 3 fully saturated rings. The molecule has 0 aromatic heterocycles. The van der Waals surface area contributed by atoms with Crippen LogP contribution < -0.4 is 5.73 Å². The van der Waals surface area contributed by atoms with E-state index >= 15 is 0 Å². The van der Waals surface area contributed by atoms with E-state index in [1.165, 1.54) is 0 Å². The molecular formula is C10H18N2O2. The molecule has 0 unspecified atom stereocenters. The Morgan fingerprint density at radius 3 is 2.50 bits per heavy atom. The minimum atomic E-state index is -0.409. The van der Waals surface area contributed by atoms with Crippen LogP contribution in [0.4, 0.5) is 4.79 Å². The Hall–Kier alpha value is -0.770. The molecule has 0 radical (unpaired) electrons. The number of rotatable bonds is 0. The molecule has 3 aliphatic rings. The van der Waals surface area contributed by atoms with Gasteiger partial charge in [-0.1, -0.05) is 0 Å². The quantitative estimate of drug-likeness (QED) is 0.630. The van der Waals surface area contributed by atoms with Crippen LogP contribution in [0.3, 0.4) is 0 Å². The smallest absolute Gasteiger partial charge is 0.410 e. The fourth-order valence-electron chi connectivity index (χ4n) is 2.19. The van der Waals surface area contributed by atoms with Crippen molar-refractivity contribution in [1.29, 1.82) is 0 Å². The fraction of sp³-hybridized carbons (Fsp3) is 0.900. The zero-order valence-corrected chi connectivity index (χ0v) is 8.99. The lowest BCUT2D eigenvalue weighted by molar-refractivity contribution is 0.0234. The van der Waals surface area contributed by atoms with E-state index < -0.39 is 5.60 Å². The number of hydrogen-bond acceptors (Lipinski definition) is 3. The lowest BCUT2D eigenvalue weighted by Crippen LogP contribution is -2.51. The van der Waals surface area contributed by atoms with Gasteiger partial charge in [0.05, 0.1) is 6.04 Å². The second-order valence-corrected chi connectivity index (χ2v) is 5.27. The average Bonchev–Trinajstić information content (AvgIpc) is 2.55. The van der Waals surface area contributed by atoms with Crippen LogP contribution in [0.5, 0.6) is 0 Å². The molecular weight excluding hydrogens is 180 g/mol. The number of carbonyl (C=O) groups is 1. The molecule has 4 heteroatoms. The average molecular weight is 198 g/mol. The molecule has 0 spiro atoms. The number of carbonyl (C=O) groups excluding carboxylic acids is 1. The van der Waals surface area contributed by atoms with Crippen molar-refractivity contribution in [2.24, 2.45) is 11.7 Å². The predicted octanol–water partition coefficient (Wildman–Crippen LogP) is 0.953. The molecule has 0 aromatic rings. The van der Waals surface area contributed by atoms with Gasteiger partial charge in [0, 0.05) is 12.6 Å². The van der Waals surface area contributed by atoms with E-state index in [1.807, 2.05) is 20.8 Å². The second-order valence-electron chi connectivity index (χ2n) is 5.27. The monoisotopic (exact) mass is 198 g/mol. The summed E-state index contributed by atoms with van der Waals surface area (Å²) in [4.78, 5) is 13.5. The summed E-state index contributed by atoms with van der Waals surface area (Å²) in [6, 6.07) is 0.414. The van der Waals surface area contributed by atoms with Gasteiger partial charge in [-0.2, -0.15) is 0 Å². The van der Waals surface area contributed by atoms with Gasteiger partial charge in [-0.05, 0) is 33.1 Å². The minimum absolute atomic E-state index is 0.183. The Morgan fingerprint density at radius 1 is 1.50 bits per heavy atom. The van der Waals surface area contributed by atoms with Crippen LogP contribution in [0.25, 0.3) is 0 Å². The minimum Gasteiger partial charge on any atom is -0.444 e.